The van der Waals surface area contributed by atoms with Crippen molar-refractivity contribution in [1.29, 1.82) is 0 Å². The fraction of sp³-hybridized carbons (Fsp3) is 0.0455. The summed E-state index contributed by atoms with van der Waals surface area (Å²) in [5.41, 5.74) is 1.78. The van der Waals surface area contributed by atoms with Crippen molar-refractivity contribution in [3.05, 3.63) is 101 Å². The van der Waals surface area contributed by atoms with Crippen molar-refractivity contribution in [1.82, 2.24) is 4.72 Å². The maximum Gasteiger partial charge on any atom is 0.262 e. The first-order valence-electron chi connectivity index (χ1n) is 8.55. The molecule has 0 aliphatic heterocycles. The lowest BCUT2D eigenvalue weighted by molar-refractivity contribution is 0.103. The van der Waals surface area contributed by atoms with Gasteiger partial charge >= 0.3 is 0 Å². The molecule has 0 amide bonds. The molecule has 6 heteroatoms. The minimum Gasteiger partial charge on any atom is -0.508 e. The number of phenolic OH excluding ortho intramolecular Hbond substituents is 1. The summed E-state index contributed by atoms with van der Waals surface area (Å²) in [7, 11) is -3.95. The number of hydrogen-bond donors (Lipinski definition) is 2. The van der Waals surface area contributed by atoms with Crippen LogP contribution in [0, 0.1) is 6.92 Å². The highest BCUT2D eigenvalue weighted by atomic mass is 32.2. The molecule has 0 unspecified atom stereocenters. The number of aryl methyl sites for hydroxylation is 1. The Morgan fingerprint density at radius 1 is 0.893 bits per heavy atom. The molecular weight excluding hydrogens is 374 g/mol. The van der Waals surface area contributed by atoms with Gasteiger partial charge in [-0.1, -0.05) is 48.0 Å². The van der Waals surface area contributed by atoms with Crippen molar-refractivity contribution >= 4 is 21.9 Å². The van der Waals surface area contributed by atoms with E-state index in [0.29, 0.717) is 5.56 Å². The van der Waals surface area contributed by atoms with Gasteiger partial charge in [0.05, 0.1) is 10.6 Å². The van der Waals surface area contributed by atoms with Crippen molar-refractivity contribution in [2.45, 2.75) is 11.8 Å². The molecule has 0 saturated carbocycles. The minimum absolute atomic E-state index is 0.0189. The first-order chi connectivity index (χ1) is 13.3. The number of benzene rings is 3. The van der Waals surface area contributed by atoms with Gasteiger partial charge in [0.25, 0.3) is 10.0 Å². The van der Waals surface area contributed by atoms with Crippen LogP contribution in [0.15, 0.2) is 89.5 Å². The van der Waals surface area contributed by atoms with Gasteiger partial charge in [-0.15, -0.1) is 0 Å². The van der Waals surface area contributed by atoms with Crippen LogP contribution in [0.5, 0.6) is 5.75 Å². The number of rotatable bonds is 6. The highest BCUT2D eigenvalue weighted by Gasteiger charge is 2.21. The molecule has 3 rings (SSSR count). The van der Waals surface area contributed by atoms with Crippen molar-refractivity contribution in [2.75, 3.05) is 0 Å². The third-order valence-corrected chi connectivity index (χ3v) is 5.44. The molecule has 0 radical (unpaired) electrons. The first-order valence-corrected chi connectivity index (χ1v) is 10.0. The van der Waals surface area contributed by atoms with Crippen LogP contribution < -0.4 is 4.72 Å². The molecule has 0 aliphatic carbocycles. The molecule has 2 N–H and O–H groups in total. The third-order valence-electron chi connectivity index (χ3n) is 4.06. The number of nitrogens with one attached hydrogen (secondary N) is 1. The second-order valence-corrected chi connectivity index (χ2v) is 7.95. The van der Waals surface area contributed by atoms with E-state index in [9.17, 15) is 18.3 Å². The lowest BCUT2D eigenvalue weighted by Gasteiger charge is -2.12. The normalized spacial score (nSPS) is 11.8. The van der Waals surface area contributed by atoms with Crippen LogP contribution in [-0.2, 0) is 10.0 Å². The number of carbonyl (C=O) groups excluding carboxylic acids is 1. The summed E-state index contributed by atoms with van der Waals surface area (Å²) in [6.07, 6.45) is 1.49. The Bertz CT molecular complexity index is 1100. The molecule has 0 atom stereocenters. The molecule has 142 valence electrons. The number of aromatic hydroxyl groups is 1. The highest BCUT2D eigenvalue weighted by Crippen LogP contribution is 2.18. The molecule has 3 aromatic rings. The molecule has 3 aromatic carbocycles. The standard InChI is InChI=1S/C22H19NO4S/c1-16-7-13-20(14-8-16)28(26,27)23-21(15-17-5-3-2-4-6-17)22(25)18-9-11-19(24)12-10-18/h2-15,23-24H,1H3. The zero-order valence-electron chi connectivity index (χ0n) is 15.2. The van der Waals surface area contributed by atoms with E-state index < -0.39 is 15.8 Å². The number of carbonyl (C=O) groups is 1. The van der Waals surface area contributed by atoms with Gasteiger partial charge in [0.2, 0.25) is 5.78 Å². The number of Topliss-reactive ketones (excluding diaryl/α,β-unsaturated/α-hetero) is 1. The summed E-state index contributed by atoms with van der Waals surface area (Å²) in [6.45, 7) is 1.86. The lowest BCUT2D eigenvalue weighted by Crippen LogP contribution is -2.27. The summed E-state index contributed by atoms with van der Waals surface area (Å²) in [5.74, 6) is -0.482. The van der Waals surface area contributed by atoms with Gasteiger partial charge in [-0.2, -0.15) is 0 Å². The summed E-state index contributed by atoms with van der Waals surface area (Å²) < 4.78 is 28.0. The number of ketones is 1. The molecule has 0 aromatic heterocycles. The van der Waals surface area contributed by atoms with Gasteiger partial charge in [-0.25, -0.2) is 8.42 Å². The van der Waals surface area contributed by atoms with E-state index in [4.69, 9.17) is 0 Å². The zero-order valence-corrected chi connectivity index (χ0v) is 16.0. The van der Waals surface area contributed by atoms with Crippen LogP contribution in [0.25, 0.3) is 6.08 Å². The van der Waals surface area contributed by atoms with Gasteiger partial charge in [0.15, 0.2) is 0 Å². The number of allylic oxidation sites excluding steroid dienone is 1. The van der Waals surface area contributed by atoms with Crippen molar-refractivity contribution in [3.63, 3.8) is 0 Å². The van der Waals surface area contributed by atoms with Crippen molar-refractivity contribution in [2.24, 2.45) is 0 Å². The van der Waals surface area contributed by atoms with E-state index in [1.165, 1.54) is 42.5 Å². The van der Waals surface area contributed by atoms with Crippen LogP contribution in [0.4, 0.5) is 0 Å². The van der Waals surface area contributed by atoms with Gasteiger partial charge in [0.1, 0.15) is 5.75 Å². The van der Waals surface area contributed by atoms with E-state index in [-0.39, 0.29) is 21.9 Å². The Kier molecular flexibility index (Phi) is 5.61. The predicted molar refractivity (Wildman–Crippen MR) is 108 cm³/mol. The molecule has 28 heavy (non-hydrogen) atoms. The molecule has 0 spiro atoms. The number of hydrogen-bond acceptors (Lipinski definition) is 4. The second kappa shape index (κ2) is 8.10. The van der Waals surface area contributed by atoms with Crippen LogP contribution in [0.3, 0.4) is 0 Å². The molecule has 0 aliphatic rings. The van der Waals surface area contributed by atoms with Crippen LogP contribution in [0.2, 0.25) is 0 Å². The fourth-order valence-corrected chi connectivity index (χ4v) is 3.60. The predicted octanol–water partition coefficient (Wildman–Crippen LogP) is 3.90. The van der Waals surface area contributed by atoms with Crippen molar-refractivity contribution < 1.29 is 18.3 Å². The first kappa shape index (κ1) is 19.4. The van der Waals surface area contributed by atoms with Gasteiger partial charge < -0.3 is 5.11 Å². The van der Waals surface area contributed by atoms with Crippen molar-refractivity contribution in [3.8, 4) is 5.75 Å². The average Bonchev–Trinajstić information content (AvgIpc) is 2.68. The number of sulfonamides is 1. The number of phenols is 1. The maximum atomic E-state index is 12.9. The van der Waals surface area contributed by atoms with E-state index in [1.54, 1.807) is 36.4 Å². The molecule has 0 saturated heterocycles. The largest absolute Gasteiger partial charge is 0.508 e. The molecule has 0 fully saturated rings. The van der Waals surface area contributed by atoms with Crippen LogP contribution in [0.1, 0.15) is 21.5 Å². The van der Waals surface area contributed by atoms with Crippen LogP contribution in [-0.4, -0.2) is 19.3 Å². The maximum absolute atomic E-state index is 12.9. The Morgan fingerprint density at radius 3 is 2.11 bits per heavy atom. The van der Waals surface area contributed by atoms with Gasteiger partial charge in [-0.3, -0.25) is 9.52 Å². The quantitative estimate of drug-likeness (QED) is 0.491. The topological polar surface area (TPSA) is 83.5 Å². The SMILES string of the molecule is Cc1ccc(S(=O)(=O)NC(=Cc2ccccc2)C(=O)c2ccc(O)cc2)cc1. The smallest absolute Gasteiger partial charge is 0.262 e. The molecule has 5 nitrogen and oxygen atoms in total. The average molecular weight is 393 g/mol. The van der Waals surface area contributed by atoms with E-state index >= 15 is 0 Å². The Hall–Kier alpha value is -3.38. The van der Waals surface area contributed by atoms with Gasteiger partial charge in [-0.05, 0) is 55.0 Å². The second-order valence-electron chi connectivity index (χ2n) is 6.26. The minimum atomic E-state index is -3.95. The zero-order chi connectivity index (χ0) is 20.1. The third kappa shape index (κ3) is 4.66. The Morgan fingerprint density at radius 2 is 1.50 bits per heavy atom. The van der Waals surface area contributed by atoms with E-state index in [2.05, 4.69) is 4.72 Å². The molecular formula is C22H19NO4S. The van der Waals surface area contributed by atoms with Crippen LogP contribution >= 0.6 is 0 Å². The molecule has 0 heterocycles. The summed E-state index contributed by atoms with van der Waals surface area (Å²) in [6, 6.07) is 21.0. The van der Waals surface area contributed by atoms with Gasteiger partial charge in [0, 0.05) is 5.56 Å². The van der Waals surface area contributed by atoms with E-state index in [1.807, 2.05) is 13.0 Å². The monoisotopic (exact) mass is 393 g/mol. The molecule has 0 bridgehead atoms. The summed E-state index contributed by atoms with van der Waals surface area (Å²) in [4.78, 5) is 13.0. The Balaban J connectivity index is 2.01. The summed E-state index contributed by atoms with van der Waals surface area (Å²) >= 11 is 0. The Labute approximate surface area is 164 Å². The lowest BCUT2D eigenvalue weighted by atomic mass is 10.1. The fourth-order valence-electron chi connectivity index (χ4n) is 2.55. The van der Waals surface area contributed by atoms with E-state index in [0.717, 1.165) is 5.56 Å². The highest BCUT2D eigenvalue weighted by molar-refractivity contribution is 7.89. The summed E-state index contributed by atoms with van der Waals surface area (Å²) in [5, 5.41) is 9.43.